The fraction of sp³-hybridized carbons (Fsp3) is 0. The van der Waals surface area contributed by atoms with Gasteiger partial charge in [-0.1, -0.05) is 0 Å². The number of phenols is 4. The number of benzene rings is 6. The van der Waals surface area contributed by atoms with Gasteiger partial charge in [-0.3, -0.25) is 18.2 Å². The molecule has 336 valence electrons. The van der Waals surface area contributed by atoms with Crippen molar-refractivity contribution in [3.8, 4) is 23.0 Å². The molecule has 30 heteroatoms. The lowest BCUT2D eigenvalue weighted by Crippen LogP contribution is -2.04. The van der Waals surface area contributed by atoms with Gasteiger partial charge in [0, 0.05) is 22.1 Å². The van der Waals surface area contributed by atoms with E-state index in [1.807, 2.05) is 0 Å². The van der Waals surface area contributed by atoms with E-state index in [4.69, 9.17) is 11.6 Å². The van der Waals surface area contributed by atoms with Crippen LogP contribution in [0.15, 0.2) is 125 Å². The lowest BCUT2D eigenvalue weighted by molar-refractivity contribution is 0.470. The van der Waals surface area contributed by atoms with Crippen LogP contribution in [0.1, 0.15) is 0 Å². The topological polar surface area (TPSA) is 411 Å². The number of azo groups is 2. The van der Waals surface area contributed by atoms with E-state index >= 15 is 0 Å². The summed E-state index contributed by atoms with van der Waals surface area (Å²) in [6.07, 6.45) is 0. The highest BCUT2D eigenvalue weighted by Crippen LogP contribution is 2.45. The van der Waals surface area contributed by atoms with Gasteiger partial charge in [0.25, 0.3) is 40.5 Å². The Morgan fingerprint density at radius 3 is 1.20 bits per heavy atom. The highest BCUT2D eigenvalue weighted by atomic mass is 35.5. The third kappa shape index (κ3) is 9.96. The number of phenolic OH excluding ortho intramolecular Hbond substituents is 4. The number of hydrogen-bond donors (Lipinski definition) is 10. The van der Waals surface area contributed by atoms with Crippen molar-refractivity contribution in [2.75, 3.05) is 10.6 Å². The lowest BCUT2D eigenvalue weighted by Gasteiger charge is -2.12. The van der Waals surface area contributed by atoms with Gasteiger partial charge in [-0.25, -0.2) is 0 Å². The second kappa shape index (κ2) is 16.7. The van der Waals surface area contributed by atoms with Gasteiger partial charge in [-0.15, -0.1) is 20.5 Å². The second-order valence-electron chi connectivity index (χ2n) is 13.1. The number of aromatic nitrogens is 3. The maximum absolute atomic E-state index is 12.4. The molecule has 1 heterocycles. The molecule has 0 unspecified atom stereocenters. The molecule has 0 amide bonds. The molecular formula is C35H24ClN9O16S4. The molecule has 0 spiro atoms. The van der Waals surface area contributed by atoms with Crippen LogP contribution in [0, 0.1) is 0 Å². The minimum atomic E-state index is -5.14. The molecule has 0 aliphatic heterocycles. The number of rotatable bonds is 12. The molecule has 0 atom stereocenters. The van der Waals surface area contributed by atoms with E-state index in [1.54, 1.807) is 0 Å². The normalized spacial score (nSPS) is 12.7. The maximum atomic E-state index is 12.4. The molecule has 7 rings (SSSR count). The first-order chi connectivity index (χ1) is 30.3. The molecule has 0 radical (unpaired) electrons. The van der Waals surface area contributed by atoms with Crippen LogP contribution in [-0.4, -0.2) is 87.3 Å². The fourth-order valence-electron chi connectivity index (χ4n) is 5.86. The Morgan fingerprint density at radius 2 is 0.846 bits per heavy atom. The third-order valence-electron chi connectivity index (χ3n) is 8.78. The number of anilines is 4. The van der Waals surface area contributed by atoms with Gasteiger partial charge in [-0.2, -0.15) is 48.6 Å². The number of aromatic hydroxyl groups is 4. The number of fused-ring (bicyclic) bond motifs is 2. The van der Waals surface area contributed by atoms with Crippen LogP contribution in [0.2, 0.25) is 5.28 Å². The average Bonchev–Trinajstić information content (AvgIpc) is 3.19. The molecule has 65 heavy (non-hydrogen) atoms. The van der Waals surface area contributed by atoms with E-state index in [2.05, 4.69) is 46.0 Å². The van der Waals surface area contributed by atoms with Gasteiger partial charge in [0.05, 0.1) is 9.79 Å². The summed E-state index contributed by atoms with van der Waals surface area (Å²) >= 11 is 6.17. The maximum Gasteiger partial charge on any atom is 0.296 e. The molecular weight excluding hydrogens is 966 g/mol. The van der Waals surface area contributed by atoms with Crippen molar-refractivity contribution in [3.63, 3.8) is 0 Å². The summed E-state index contributed by atoms with van der Waals surface area (Å²) in [5, 5.41) is 62.0. The Kier molecular flexibility index (Phi) is 11.8. The fourth-order valence-corrected chi connectivity index (χ4v) is 8.34. The highest BCUT2D eigenvalue weighted by molar-refractivity contribution is 7.86. The SMILES string of the molecule is O=S(=O)(O)c1ccc(O)c(N=Nc2c(S(=O)(=O)O)cc3cc(Nc4nc(Cl)nc(Nc5ccc6c(O)c(N=Nc7cc(S(=O)(=O)O)ccc7O)c(S(=O)(=O)O)cc6c5)n4)ccc3c2O)c1. The van der Waals surface area contributed by atoms with E-state index in [0.29, 0.717) is 12.1 Å². The van der Waals surface area contributed by atoms with Crippen molar-refractivity contribution < 1.29 is 72.3 Å². The Morgan fingerprint density at radius 1 is 0.462 bits per heavy atom. The van der Waals surface area contributed by atoms with Crippen LogP contribution in [-0.2, 0) is 40.5 Å². The predicted molar refractivity (Wildman–Crippen MR) is 226 cm³/mol. The van der Waals surface area contributed by atoms with Crippen LogP contribution in [0.4, 0.5) is 46.0 Å². The zero-order valence-electron chi connectivity index (χ0n) is 31.6. The monoisotopic (exact) mass is 989 g/mol. The lowest BCUT2D eigenvalue weighted by atomic mass is 10.1. The van der Waals surface area contributed by atoms with E-state index in [-0.39, 0.29) is 50.1 Å². The Hall–Kier alpha value is -7.22. The number of nitrogens with zero attached hydrogens (tertiary/aromatic N) is 7. The summed E-state index contributed by atoms with van der Waals surface area (Å²) in [7, 11) is -19.8. The van der Waals surface area contributed by atoms with Crippen LogP contribution < -0.4 is 10.6 Å². The van der Waals surface area contributed by atoms with E-state index in [1.165, 1.54) is 36.4 Å². The largest absolute Gasteiger partial charge is 0.506 e. The number of halogens is 1. The van der Waals surface area contributed by atoms with Gasteiger partial charge < -0.3 is 31.1 Å². The van der Waals surface area contributed by atoms with E-state index < -0.39 is 106 Å². The van der Waals surface area contributed by atoms with Crippen molar-refractivity contribution in [2.45, 2.75) is 19.6 Å². The molecule has 6 aromatic carbocycles. The Labute approximate surface area is 369 Å². The molecule has 10 N–H and O–H groups in total. The summed E-state index contributed by atoms with van der Waals surface area (Å²) in [4.78, 5) is 8.92. The van der Waals surface area contributed by atoms with Gasteiger partial charge in [0.1, 0.15) is 44.0 Å². The average molecular weight is 990 g/mol. The summed E-state index contributed by atoms with van der Waals surface area (Å²) < 4.78 is 135. The zero-order valence-corrected chi connectivity index (χ0v) is 35.6. The first-order valence-electron chi connectivity index (χ1n) is 17.2. The summed E-state index contributed by atoms with van der Waals surface area (Å²) in [6, 6.07) is 14.6. The summed E-state index contributed by atoms with van der Waals surface area (Å²) in [6.45, 7) is 0. The Balaban J connectivity index is 1.18. The molecule has 0 aliphatic rings. The van der Waals surface area contributed by atoms with Crippen molar-refractivity contribution >= 4 is 120 Å². The van der Waals surface area contributed by atoms with Gasteiger partial charge >= 0.3 is 0 Å². The second-order valence-corrected chi connectivity index (χ2v) is 19.1. The third-order valence-corrected chi connectivity index (χ3v) is 12.4. The van der Waals surface area contributed by atoms with Crippen LogP contribution in [0.25, 0.3) is 21.5 Å². The Bertz CT molecular complexity index is 3460. The van der Waals surface area contributed by atoms with Crippen molar-refractivity contribution in [2.24, 2.45) is 20.5 Å². The standard InChI is InChI=1S/C35H24ClN9O16S4/c36-33-39-34(37-17-1-5-21-15(9-17)11-27(64(56,57)58)29(31(21)48)44-42-23-13-19(62(50,51)52)3-7-25(23)46)41-35(40-33)38-18-2-6-22-16(10-18)12-28(65(59,60)61)30(32(22)49)45-43-24-14-20(63(53,54)55)4-8-26(24)47/h1-14,46-49H,(H,50,51,52)(H,53,54,55)(H,56,57,58)(H,59,60,61)(H2,37,38,39,40,41). The number of nitrogens with one attached hydrogen (secondary N) is 2. The minimum Gasteiger partial charge on any atom is -0.506 e. The molecule has 0 fully saturated rings. The highest BCUT2D eigenvalue weighted by Gasteiger charge is 2.25. The molecule has 7 aromatic rings. The van der Waals surface area contributed by atoms with E-state index in [9.17, 15) is 72.3 Å². The van der Waals surface area contributed by atoms with Gasteiger partial charge in [-0.05, 0) is 107 Å². The predicted octanol–water partition coefficient (Wildman–Crippen LogP) is 6.96. The minimum absolute atomic E-state index is 0.00777. The summed E-state index contributed by atoms with van der Waals surface area (Å²) in [5.74, 6) is -3.33. The van der Waals surface area contributed by atoms with Crippen LogP contribution >= 0.6 is 11.6 Å². The zero-order chi connectivity index (χ0) is 47.4. The van der Waals surface area contributed by atoms with Crippen LogP contribution in [0.3, 0.4) is 0 Å². The molecule has 0 saturated heterocycles. The van der Waals surface area contributed by atoms with Crippen molar-refractivity contribution in [1.82, 2.24) is 15.0 Å². The van der Waals surface area contributed by atoms with Crippen LogP contribution in [0.5, 0.6) is 23.0 Å². The molecule has 0 aliphatic carbocycles. The molecule has 25 nitrogen and oxygen atoms in total. The first-order valence-corrected chi connectivity index (χ1v) is 23.3. The quantitative estimate of drug-likeness (QED) is 0.0436. The molecule has 0 bridgehead atoms. The number of hydrogen-bond acceptors (Lipinski definition) is 21. The smallest absolute Gasteiger partial charge is 0.296 e. The van der Waals surface area contributed by atoms with Crippen molar-refractivity contribution in [1.29, 1.82) is 0 Å². The van der Waals surface area contributed by atoms with E-state index in [0.717, 1.165) is 36.4 Å². The molecule has 0 saturated carbocycles. The first kappa shape index (κ1) is 45.8. The van der Waals surface area contributed by atoms with Gasteiger partial charge in [0.2, 0.25) is 17.2 Å². The summed E-state index contributed by atoms with van der Waals surface area (Å²) in [5.41, 5.74) is -2.40. The van der Waals surface area contributed by atoms with Crippen molar-refractivity contribution in [3.05, 3.63) is 90.2 Å². The van der Waals surface area contributed by atoms with Gasteiger partial charge in [0.15, 0.2) is 11.5 Å². The molecule has 1 aromatic heterocycles.